The van der Waals surface area contributed by atoms with Crippen LogP contribution >= 0.6 is 0 Å². The molecule has 4 aromatic rings. The second-order valence-electron chi connectivity index (χ2n) is 8.37. The summed E-state index contributed by atoms with van der Waals surface area (Å²) in [4.78, 5) is 16.6. The minimum Gasteiger partial charge on any atom is -0.334 e. The maximum Gasteiger partial charge on any atom is 0.315 e. The highest BCUT2D eigenvalue weighted by atomic mass is 16.2. The molecular weight excluding hydrogens is 414 g/mol. The van der Waals surface area contributed by atoms with Gasteiger partial charge in [-0.15, -0.1) is 0 Å². The Morgan fingerprint density at radius 2 is 1.85 bits per heavy atom. The third-order valence-corrected chi connectivity index (χ3v) is 6.00. The van der Waals surface area contributed by atoms with Crippen molar-refractivity contribution in [2.24, 2.45) is 0 Å². The van der Waals surface area contributed by atoms with Gasteiger partial charge in [-0.25, -0.2) is 14.5 Å². The number of nitrogens with zero attached hydrogens (tertiary/aromatic N) is 5. The van der Waals surface area contributed by atoms with Crippen molar-refractivity contribution in [2.45, 2.75) is 44.9 Å². The normalized spacial score (nSPS) is 15.1. The number of nitrogens with one attached hydrogen (secondary N) is 2. The molecule has 2 heterocycles. The summed E-state index contributed by atoms with van der Waals surface area (Å²) in [7, 11) is 0. The van der Waals surface area contributed by atoms with E-state index in [1.807, 2.05) is 42.6 Å². The van der Waals surface area contributed by atoms with Gasteiger partial charge < -0.3 is 10.6 Å². The molecule has 1 atom stereocenters. The van der Waals surface area contributed by atoms with Gasteiger partial charge in [-0.2, -0.15) is 10.2 Å². The Bertz CT molecular complexity index is 1200. The molecule has 2 N–H and O–H groups in total. The van der Waals surface area contributed by atoms with Gasteiger partial charge in [0, 0.05) is 17.8 Å². The molecule has 0 bridgehead atoms. The van der Waals surface area contributed by atoms with Crippen LogP contribution in [-0.2, 0) is 26.1 Å². The first kappa shape index (κ1) is 20.9. The highest BCUT2D eigenvalue weighted by Crippen LogP contribution is 2.30. The van der Waals surface area contributed by atoms with Gasteiger partial charge >= 0.3 is 6.03 Å². The van der Waals surface area contributed by atoms with Gasteiger partial charge in [-0.1, -0.05) is 54.6 Å². The first-order valence-corrected chi connectivity index (χ1v) is 11.3. The number of hydrogen-bond acceptors (Lipinski definition) is 4. The van der Waals surface area contributed by atoms with Gasteiger partial charge in [0.15, 0.2) is 0 Å². The monoisotopic (exact) mass is 441 g/mol. The quantitative estimate of drug-likeness (QED) is 0.460. The van der Waals surface area contributed by atoms with Crippen molar-refractivity contribution >= 4 is 6.03 Å². The zero-order chi connectivity index (χ0) is 22.5. The number of hydrogen-bond donors (Lipinski definition) is 2. The minimum atomic E-state index is -0.162. The van der Waals surface area contributed by atoms with Gasteiger partial charge in [0.25, 0.3) is 0 Å². The molecule has 8 heteroatoms. The predicted octanol–water partition coefficient (Wildman–Crippen LogP) is 3.45. The number of carbonyl (C=O) groups is 1. The summed E-state index contributed by atoms with van der Waals surface area (Å²) in [6, 6.07) is 18.3. The summed E-state index contributed by atoms with van der Waals surface area (Å²) in [5.41, 5.74) is 5.73. The molecule has 0 saturated heterocycles. The Hall–Kier alpha value is -3.94. The molecule has 33 heavy (non-hydrogen) atoms. The van der Waals surface area contributed by atoms with E-state index in [2.05, 4.69) is 48.7 Å². The third kappa shape index (κ3) is 5.11. The van der Waals surface area contributed by atoms with Gasteiger partial charge in [-0.05, 0) is 36.0 Å². The number of amides is 2. The number of aromatic nitrogens is 5. The molecule has 0 saturated carbocycles. The summed E-state index contributed by atoms with van der Waals surface area (Å²) in [5.74, 6) is 0. The molecule has 2 aromatic carbocycles. The third-order valence-electron chi connectivity index (χ3n) is 6.00. The summed E-state index contributed by atoms with van der Waals surface area (Å²) < 4.78 is 3.84. The van der Waals surface area contributed by atoms with Crippen LogP contribution in [0.1, 0.15) is 46.8 Å². The van der Waals surface area contributed by atoms with E-state index in [-0.39, 0.29) is 12.1 Å². The molecule has 1 aliphatic rings. The Labute approximate surface area is 192 Å². The van der Waals surface area contributed by atoms with Crippen molar-refractivity contribution in [3.8, 4) is 0 Å². The van der Waals surface area contributed by atoms with Crippen LogP contribution in [0.25, 0.3) is 0 Å². The van der Waals surface area contributed by atoms with Gasteiger partial charge in [0.05, 0.1) is 25.3 Å². The van der Waals surface area contributed by atoms with Gasteiger partial charge in [0.2, 0.25) is 0 Å². The van der Waals surface area contributed by atoms with E-state index in [1.165, 1.54) is 17.6 Å². The summed E-state index contributed by atoms with van der Waals surface area (Å²) >= 11 is 0. The maximum absolute atomic E-state index is 12.7. The van der Waals surface area contributed by atoms with E-state index < -0.39 is 0 Å². The first-order chi connectivity index (χ1) is 16.2. The van der Waals surface area contributed by atoms with Crippen LogP contribution in [0.5, 0.6) is 0 Å². The number of fused-ring (bicyclic) bond motifs is 1. The summed E-state index contributed by atoms with van der Waals surface area (Å²) in [6.45, 7) is 1.86. The van der Waals surface area contributed by atoms with E-state index in [0.29, 0.717) is 13.1 Å². The van der Waals surface area contributed by atoms with E-state index in [0.717, 1.165) is 42.5 Å². The Morgan fingerprint density at radius 1 is 1.00 bits per heavy atom. The molecule has 0 fully saturated rings. The molecule has 1 aliphatic carbocycles. The van der Waals surface area contributed by atoms with Crippen LogP contribution in [-0.4, -0.2) is 30.6 Å². The molecule has 1 unspecified atom stereocenters. The van der Waals surface area contributed by atoms with Crippen LogP contribution in [0.3, 0.4) is 0 Å². The van der Waals surface area contributed by atoms with Crippen molar-refractivity contribution in [3.05, 3.63) is 101 Å². The highest BCUT2D eigenvalue weighted by molar-refractivity contribution is 5.74. The Kier molecular flexibility index (Phi) is 6.14. The summed E-state index contributed by atoms with van der Waals surface area (Å²) in [5, 5.41) is 14.9. The average Bonchev–Trinajstić information content (AvgIpc) is 3.50. The van der Waals surface area contributed by atoms with Gasteiger partial charge in [-0.3, -0.25) is 4.68 Å². The second kappa shape index (κ2) is 9.68. The lowest BCUT2D eigenvalue weighted by atomic mass is 9.93. The topological polar surface area (TPSA) is 89.7 Å². The van der Waals surface area contributed by atoms with Crippen LogP contribution in [0.4, 0.5) is 4.79 Å². The average molecular weight is 442 g/mol. The van der Waals surface area contributed by atoms with E-state index >= 15 is 0 Å². The van der Waals surface area contributed by atoms with Crippen molar-refractivity contribution in [2.75, 3.05) is 0 Å². The molecule has 5 rings (SSSR count). The van der Waals surface area contributed by atoms with E-state index in [9.17, 15) is 4.79 Å². The van der Waals surface area contributed by atoms with E-state index in [1.54, 1.807) is 11.0 Å². The number of benzene rings is 2. The molecule has 2 amide bonds. The lowest BCUT2D eigenvalue weighted by Crippen LogP contribution is -2.38. The fraction of sp³-hybridized carbons (Fsp3) is 0.280. The van der Waals surface area contributed by atoms with Gasteiger partial charge in [0.1, 0.15) is 12.7 Å². The fourth-order valence-corrected chi connectivity index (χ4v) is 4.39. The molecule has 8 nitrogen and oxygen atoms in total. The Balaban J connectivity index is 1.18. The molecule has 2 aromatic heterocycles. The number of urea groups is 1. The maximum atomic E-state index is 12.7. The van der Waals surface area contributed by atoms with Crippen LogP contribution in [0.2, 0.25) is 0 Å². The standard InChI is InChI=1S/C25H27N7O/c33-25(27-13-20-8-4-9-21(12-20)15-31-18-26-17-29-31)30-23-10-5-11-24-22(23)14-28-32(24)16-19-6-2-1-3-7-19/h1-4,6-9,12,14,17-18,23H,5,10-11,13,15-16H2,(H2,27,30,33). The fourth-order valence-electron chi connectivity index (χ4n) is 4.39. The van der Waals surface area contributed by atoms with Crippen molar-refractivity contribution in [3.63, 3.8) is 0 Å². The lowest BCUT2D eigenvalue weighted by molar-refractivity contribution is 0.235. The summed E-state index contributed by atoms with van der Waals surface area (Å²) in [6.07, 6.45) is 8.07. The molecule has 0 radical (unpaired) electrons. The largest absolute Gasteiger partial charge is 0.334 e. The number of rotatable bonds is 7. The van der Waals surface area contributed by atoms with Crippen LogP contribution < -0.4 is 10.6 Å². The van der Waals surface area contributed by atoms with Crippen LogP contribution in [0.15, 0.2) is 73.4 Å². The zero-order valence-corrected chi connectivity index (χ0v) is 18.4. The molecule has 0 aliphatic heterocycles. The van der Waals surface area contributed by atoms with Crippen molar-refractivity contribution in [1.82, 2.24) is 35.2 Å². The lowest BCUT2D eigenvalue weighted by Gasteiger charge is -2.24. The van der Waals surface area contributed by atoms with Crippen LogP contribution in [0, 0.1) is 0 Å². The van der Waals surface area contributed by atoms with Crippen molar-refractivity contribution in [1.29, 1.82) is 0 Å². The molecule has 0 spiro atoms. The number of carbonyl (C=O) groups excluding carboxylic acids is 1. The smallest absolute Gasteiger partial charge is 0.315 e. The predicted molar refractivity (Wildman–Crippen MR) is 124 cm³/mol. The second-order valence-corrected chi connectivity index (χ2v) is 8.37. The minimum absolute atomic E-state index is 0.0167. The van der Waals surface area contributed by atoms with Crippen molar-refractivity contribution < 1.29 is 4.79 Å². The molecular formula is C25H27N7O. The molecule has 168 valence electrons. The Morgan fingerprint density at radius 3 is 2.70 bits per heavy atom. The first-order valence-electron chi connectivity index (χ1n) is 11.3. The zero-order valence-electron chi connectivity index (χ0n) is 18.4. The van der Waals surface area contributed by atoms with E-state index in [4.69, 9.17) is 0 Å². The highest BCUT2D eigenvalue weighted by Gasteiger charge is 2.25. The SMILES string of the molecule is O=C(NCc1cccc(Cn2cncn2)c1)NC1CCCc2c1cnn2Cc1ccccc1.